The van der Waals surface area contributed by atoms with Gasteiger partial charge in [-0.15, -0.1) is 11.3 Å². The first-order valence-electron chi connectivity index (χ1n) is 6.14. The van der Waals surface area contributed by atoms with Gasteiger partial charge in [-0.3, -0.25) is 0 Å². The number of aromatic nitrogens is 1. The first-order chi connectivity index (χ1) is 9.51. The monoisotopic (exact) mass is 397 g/mol. The fourth-order valence-electron chi connectivity index (χ4n) is 2.42. The molecule has 2 heterocycles. The van der Waals surface area contributed by atoms with E-state index in [1.54, 1.807) is 0 Å². The number of hydrogen-bond acceptors (Lipinski definition) is 5. The summed E-state index contributed by atoms with van der Waals surface area (Å²) in [4.78, 5) is 4.50. The van der Waals surface area contributed by atoms with Crippen LogP contribution in [0.2, 0.25) is 0 Å². The Morgan fingerprint density at radius 1 is 1.80 bits per heavy atom. The second-order valence-corrected chi connectivity index (χ2v) is 7.15. The van der Waals surface area contributed by atoms with Crippen LogP contribution in [-0.2, 0) is 10.3 Å². The third kappa shape index (κ3) is 3.31. The Hall–Kier alpha value is 0.150. The molecule has 1 unspecified atom stereocenters. The number of nitrogens with one attached hydrogen (secondary N) is 2. The van der Waals surface area contributed by atoms with Crippen molar-refractivity contribution in [3.8, 4) is 0 Å². The molecule has 2 rings (SSSR count). The van der Waals surface area contributed by atoms with Crippen molar-refractivity contribution in [2.24, 2.45) is 5.92 Å². The first kappa shape index (κ1) is 16.5. The van der Waals surface area contributed by atoms with Crippen LogP contribution in [-0.4, -0.2) is 34.5 Å². The highest BCUT2D eigenvalue weighted by Gasteiger charge is 2.47. The van der Waals surface area contributed by atoms with Crippen LogP contribution in [0.4, 0.5) is 0 Å². The number of rotatable bonds is 3. The van der Waals surface area contributed by atoms with Gasteiger partial charge in [-0.25, -0.2) is 4.98 Å². The summed E-state index contributed by atoms with van der Waals surface area (Å²) >= 11 is 10.1. The Balaban J connectivity index is 2.39. The largest absolute Gasteiger partial charge is 0.396 e. The standard InChI is InChI=1S/C11H17BrN3O2PS2/c1-6-2-7(3-16)11(5-17-6,14-10(19)15-18)9-13-8(12)4-20-9/h4,6-7,16H,2-3,5,18H2,1H3,(H2,14,15,19)/t6-,7-,11-/m0/s1. The van der Waals surface area contributed by atoms with E-state index in [1.807, 2.05) is 12.3 Å². The van der Waals surface area contributed by atoms with Crippen LogP contribution in [0.1, 0.15) is 18.4 Å². The van der Waals surface area contributed by atoms with E-state index in [4.69, 9.17) is 17.0 Å². The van der Waals surface area contributed by atoms with Crippen molar-refractivity contribution in [1.29, 1.82) is 0 Å². The van der Waals surface area contributed by atoms with E-state index in [1.165, 1.54) is 11.3 Å². The van der Waals surface area contributed by atoms with E-state index in [9.17, 15) is 5.11 Å². The topological polar surface area (TPSA) is 66.4 Å². The molecule has 1 aliphatic rings. The molecule has 0 amide bonds. The Labute approximate surface area is 138 Å². The molecule has 1 fully saturated rings. The Morgan fingerprint density at radius 3 is 3.10 bits per heavy atom. The summed E-state index contributed by atoms with van der Waals surface area (Å²) in [5.74, 6) is -0.0133. The second kappa shape index (κ2) is 6.94. The van der Waals surface area contributed by atoms with Crippen LogP contribution in [0, 0.1) is 5.92 Å². The van der Waals surface area contributed by atoms with E-state index >= 15 is 0 Å². The zero-order valence-corrected chi connectivity index (χ0v) is 15.3. The molecular weight excluding hydrogens is 381 g/mol. The molecule has 1 aliphatic heterocycles. The minimum atomic E-state index is -0.599. The molecule has 9 heteroatoms. The van der Waals surface area contributed by atoms with Crippen LogP contribution in [0.3, 0.4) is 0 Å². The number of thiazole rings is 1. The molecule has 0 aliphatic carbocycles. The molecule has 0 radical (unpaired) electrons. The molecule has 1 saturated heterocycles. The first-order valence-corrected chi connectivity index (χ1v) is 8.80. The van der Waals surface area contributed by atoms with Gasteiger partial charge in [0.1, 0.15) is 15.1 Å². The summed E-state index contributed by atoms with van der Waals surface area (Å²) in [6.45, 7) is 2.49. The van der Waals surface area contributed by atoms with Gasteiger partial charge in [0.05, 0.1) is 12.7 Å². The maximum atomic E-state index is 9.80. The lowest BCUT2D eigenvalue weighted by molar-refractivity contribution is -0.0748. The molecule has 3 N–H and O–H groups in total. The highest BCUT2D eigenvalue weighted by atomic mass is 79.9. The highest BCUT2D eigenvalue weighted by molar-refractivity contribution is 9.10. The molecule has 0 bridgehead atoms. The molecule has 0 spiro atoms. The van der Waals surface area contributed by atoms with E-state index in [0.29, 0.717) is 11.7 Å². The van der Waals surface area contributed by atoms with Gasteiger partial charge >= 0.3 is 0 Å². The van der Waals surface area contributed by atoms with E-state index < -0.39 is 5.54 Å². The van der Waals surface area contributed by atoms with Crippen molar-refractivity contribution >= 4 is 54.0 Å². The molecule has 0 aromatic carbocycles. The summed E-state index contributed by atoms with van der Waals surface area (Å²) in [6, 6.07) is 0. The quantitative estimate of drug-likeness (QED) is 0.533. The molecule has 20 heavy (non-hydrogen) atoms. The van der Waals surface area contributed by atoms with Crippen LogP contribution < -0.4 is 10.4 Å². The van der Waals surface area contributed by atoms with Crippen LogP contribution in [0.5, 0.6) is 0 Å². The van der Waals surface area contributed by atoms with Crippen molar-refractivity contribution in [1.82, 2.24) is 15.4 Å². The van der Waals surface area contributed by atoms with Gasteiger partial charge < -0.3 is 20.2 Å². The van der Waals surface area contributed by atoms with E-state index in [0.717, 1.165) is 16.0 Å². The SMILES string of the molecule is C[C@H]1C[C@@H](CO)[C@](NC(=S)NP)(c2nc(Br)cs2)CO1. The van der Waals surface area contributed by atoms with Gasteiger partial charge in [0.25, 0.3) is 0 Å². The lowest BCUT2D eigenvalue weighted by Gasteiger charge is -2.44. The van der Waals surface area contributed by atoms with Crippen molar-refractivity contribution in [2.75, 3.05) is 13.2 Å². The number of hydrogen-bond donors (Lipinski definition) is 3. The second-order valence-electron chi connectivity index (χ2n) is 4.78. The number of nitrogens with zero attached hydrogens (tertiary/aromatic N) is 1. The van der Waals surface area contributed by atoms with Crippen molar-refractivity contribution in [2.45, 2.75) is 25.0 Å². The summed E-state index contributed by atoms with van der Waals surface area (Å²) in [5, 5.41) is 19.2. The summed E-state index contributed by atoms with van der Waals surface area (Å²) in [6.07, 6.45) is 0.864. The number of halogens is 1. The number of aliphatic hydroxyl groups is 1. The molecule has 4 atom stereocenters. The minimum absolute atomic E-state index is 0.0133. The highest BCUT2D eigenvalue weighted by Crippen LogP contribution is 2.39. The molecule has 0 saturated carbocycles. The van der Waals surface area contributed by atoms with Gasteiger partial charge in [-0.05, 0) is 50.9 Å². The van der Waals surface area contributed by atoms with Gasteiger partial charge in [0.15, 0.2) is 5.11 Å². The van der Waals surface area contributed by atoms with Gasteiger partial charge in [0.2, 0.25) is 0 Å². The minimum Gasteiger partial charge on any atom is -0.396 e. The lowest BCUT2D eigenvalue weighted by atomic mass is 9.79. The fraction of sp³-hybridized carbons (Fsp3) is 0.636. The summed E-state index contributed by atoms with van der Waals surface area (Å²) in [5.41, 5.74) is -0.599. The van der Waals surface area contributed by atoms with Gasteiger partial charge in [-0.2, -0.15) is 0 Å². The molecular formula is C11H17BrN3O2PS2. The number of aliphatic hydroxyl groups excluding tert-OH is 1. The Kier molecular flexibility index (Phi) is 5.73. The summed E-state index contributed by atoms with van der Waals surface area (Å²) < 4.78 is 6.60. The van der Waals surface area contributed by atoms with E-state index in [-0.39, 0.29) is 18.6 Å². The van der Waals surface area contributed by atoms with Crippen molar-refractivity contribution in [3.05, 3.63) is 15.0 Å². The predicted molar refractivity (Wildman–Crippen MR) is 90.7 cm³/mol. The van der Waals surface area contributed by atoms with Crippen LogP contribution in [0.25, 0.3) is 0 Å². The zero-order chi connectivity index (χ0) is 14.8. The number of ether oxygens (including phenoxy) is 1. The predicted octanol–water partition coefficient (Wildman–Crippen LogP) is 1.77. The van der Waals surface area contributed by atoms with Gasteiger partial charge in [-0.1, -0.05) is 0 Å². The van der Waals surface area contributed by atoms with E-state index in [2.05, 4.69) is 40.7 Å². The molecule has 1 aromatic rings. The average molecular weight is 398 g/mol. The number of thiocarbonyl (C=S) groups is 1. The average Bonchev–Trinajstić information content (AvgIpc) is 2.87. The Bertz CT molecular complexity index is 490. The smallest absolute Gasteiger partial charge is 0.170 e. The third-order valence-electron chi connectivity index (χ3n) is 3.45. The third-order valence-corrected chi connectivity index (χ3v) is 5.90. The fourth-order valence-corrected chi connectivity index (χ4v) is 4.15. The van der Waals surface area contributed by atoms with Crippen LogP contribution in [0.15, 0.2) is 9.98 Å². The maximum Gasteiger partial charge on any atom is 0.170 e. The molecule has 5 nitrogen and oxygen atoms in total. The normalized spacial score (nSPS) is 30.0. The van der Waals surface area contributed by atoms with Crippen molar-refractivity contribution in [3.63, 3.8) is 0 Å². The lowest BCUT2D eigenvalue weighted by Crippen LogP contribution is -2.59. The summed E-state index contributed by atoms with van der Waals surface area (Å²) in [7, 11) is 2.36. The zero-order valence-electron chi connectivity index (χ0n) is 10.9. The molecule has 1 aromatic heterocycles. The van der Waals surface area contributed by atoms with Crippen LogP contribution >= 0.6 is 48.9 Å². The van der Waals surface area contributed by atoms with Crippen molar-refractivity contribution < 1.29 is 9.84 Å². The molecule has 112 valence electrons. The van der Waals surface area contributed by atoms with Gasteiger partial charge in [0, 0.05) is 17.9 Å². The Morgan fingerprint density at radius 2 is 2.55 bits per heavy atom. The maximum absolute atomic E-state index is 9.80.